The highest BCUT2D eigenvalue weighted by Crippen LogP contribution is 2.20. The van der Waals surface area contributed by atoms with Crippen LogP contribution in [0.5, 0.6) is 5.88 Å². The summed E-state index contributed by atoms with van der Waals surface area (Å²) in [5, 5.41) is 8.38. The largest absolute Gasteiger partial charge is 0.477 e. The normalized spacial score (nSPS) is 13.9. The summed E-state index contributed by atoms with van der Waals surface area (Å²) >= 11 is 0. The quantitative estimate of drug-likeness (QED) is 0.499. The molecule has 0 atom stereocenters. The molecule has 1 aromatic carbocycles. The first-order valence-corrected chi connectivity index (χ1v) is 10.7. The Bertz CT molecular complexity index is 1100. The van der Waals surface area contributed by atoms with Gasteiger partial charge in [-0.25, -0.2) is 4.98 Å². The van der Waals surface area contributed by atoms with E-state index in [1.165, 1.54) is 0 Å². The predicted octanol–water partition coefficient (Wildman–Crippen LogP) is 2.71. The van der Waals surface area contributed by atoms with E-state index in [0.717, 1.165) is 24.6 Å². The number of hydrogen-bond donors (Lipinski definition) is 1. The van der Waals surface area contributed by atoms with Crippen molar-refractivity contribution in [2.24, 2.45) is 16.0 Å². The van der Waals surface area contributed by atoms with Crippen molar-refractivity contribution in [1.29, 1.82) is 0 Å². The minimum absolute atomic E-state index is 0.162. The Morgan fingerprint density at radius 2 is 2.00 bits per heavy atom. The summed E-state index contributed by atoms with van der Waals surface area (Å²) in [6, 6.07) is 14.3. The smallest absolute Gasteiger partial charge is 0.248 e. The average molecular weight is 447 g/mol. The van der Waals surface area contributed by atoms with Gasteiger partial charge >= 0.3 is 0 Å². The maximum atomic E-state index is 11.3. The van der Waals surface area contributed by atoms with E-state index in [-0.39, 0.29) is 6.54 Å². The van der Waals surface area contributed by atoms with Gasteiger partial charge in [-0.15, -0.1) is 0 Å². The SMILES string of the molecule is NC(=O)c1cccc(N=NCc2nc(OCCc3ccccn3)cc(N3CCOCC3)n2)c1. The maximum Gasteiger partial charge on any atom is 0.248 e. The number of azo groups is 1. The molecule has 0 saturated carbocycles. The number of carbonyl (C=O) groups is 1. The van der Waals surface area contributed by atoms with Crippen LogP contribution < -0.4 is 15.4 Å². The maximum absolute atomic E-state index is 11.3. The Morgan fingerprint density at radius 3 is 2.79 bits per heavy atom. The molecule has 1 aliphatic heterocycles. The van der Waals surface area contributed by atoms with Gasteiger partial charge in [0.2, 0.25) is 11.8 Å². The minimum atomic E-state index is -0.513. The number of ether oxygens (including phenoxy) is 2. The van der Waals surface area contributed by atoms with Gasteiger partial charge in [-0.1, -0.05) is 12.1 Å². The van der Waals surface area contributed by atoms with Gasteiger partial charge in [0.05, 0.1) is 25.5 Å². The van der Waals surface area contributed by atoms with Crippen LogP contribution in [0.25, 0.3) is 0 Å². The number of amides is 1. The number of carbonyl (C=O) groups excluding carboxylic acids is 1. The summed E-state index contributed by atoms with van der Waals surface area (Å²) in [4.78, 5) is 26.9. The summed E-state index contributed by atoms with van der Waals surface area (Å²) in [5.41, 5.74) is 7.18. The van der Waals surface area contributed by atoms with Crippen molar-refractivity contribution in [3.63, 3.8) is 0 Å². The predicted molar refractivity (Wildman–Crippen MR) is 122 cm³/mol. The van der Waals surface area contributed by atoms with Crippen LogP contribution in [0, 0.1) is 0 Å². The lowest BCUT2D eigenvalue weighted by Gasteiger charge is -2.28. The second-order valence-electron chi connectivity index (χ2n) is 7.31. The van der Waals surface area contributed by atoms with Gasteiger partial charge in [0.1, 0.15) is 12.4 Å². The average Bonchev–Trinajstić information content (AvgIpc) is 2.85. The fourth-order valence-electron chi connectivity index (χ4n) is 3.27. The van der Waals surface area contributed by atoms with Gasteiger partial charge in [0.15, 0.2) is 5.82 Å². The standard InChI is InChI=1S/C23H25N7O3/c24-23(31)17-4-3-6-19(14-17)29-26-16-20-27-21(30-9-12-32-13-10-30)15-22(28-20)33-11-7-18-5-1-2-8-25-18/h1-6,8,14-15H,7,9-13,16H2,(H2,24,31). The van der Waals surface area contributed by atoms with Gasteiger partial charge in [-0.3, -0.25) is 9.78 Å². The molecule has 3 heterocycles. The van der Waals surface area contributed by atoms with E-state index in [1.54, 1.807) is 30.5 Å². The number of aromatic nitrogens is 3. The van der Waals surface area contributed by atoms with E-state index < -0.39 is 5.91 Å². The molecule has 33 heavy (non-hydrogen) atoms. The number of rotatable bonds is 9. The van der Waals surface area contributed by atoms with Gasteiger partial charge < -0.3 is 20.1 Å². The molecule has 0 bridgehead atoms. The summed E-state index contributed by atoms with van der Waals surface area (Å²) in [6.45, 7) is 3.37. The molecule has 170 valence electrons. The van der Waals surface area contributed by atoms with E-state index in [9.17, 15) is 4.79 Å². The van der Waals surface area contributed by atoms with E-state index >= 15 is 0 Å². The fourth-order valence-corrected chi connectivity index (χ4v) is 3.27. The molecular formula is C23H25N7O3. The number of benzene rings is 1. The van der Waals surface area contributed by atoms with Crippen LogP contribution >= 0.6 is 0 Å². The molecule has 0 unspecified atom stereocenters. The molecule has 1 saturated heterocycles. The number of hydrogen-bond acceptors (Lipinski definition) is 9. The van der Waals surface area contributed by atoms with Crippen LogP contribution in [0.15, 0.2) is 65.0 Å². The van der Waals surface area contributed by atoms with Crippen LogP contribution in [-0.2, 0) is 17.7 Å². The number of anilines is 1. The third-order valence-corrected chi connectivity index (χ3v) is 4.93. The summed E-state index contributed by atoms with van der Waals surface area (Å²) in [5.74, 6) is 1.22. The van der Waals surface area contributed by atoms with Crippen molar-refractivity contribution in [2.75, 3.05) is 37.8 Å². The Balaban J connectivity index is 1.47. The van der Waals surface area contributed by atoms with E-state index in [2.05, 4.69) is 30.1 Å². The molecular weight excluding hydrogens is 422 g/mol. The molecule has 10 nitrogen and oxygen atoms in total. The number of pyridine rings is 1. The van der Waals surface area contributed by atoms with Gasteiger partial charge in [0.25, 0.3) is 0 Å². The molecule has 1 fully saturated rings. The molecule has 4 rings (SSSR count). The highest BCUT2D eigenvalue weighted by molar-refractivity contribution is 5.93. The van der Waals surface area contributed by atoms with E-state index in [4.69, 9.17) is 15.2 Å². The Kier molecular flexibility index (Phi) is 7.49. The second-order valence-corrected chi connectivity index (χ2v) is 7.31. The number of primary amides is 1. The minimum Gasteiger partial charge on any atom is -0.477 e. The van der Waals surface area contributed by atoms with Gasteiger partial charge in [-0.05, 0) is 30.3 Å². The van der Waals surface area contributed by atoms with Gasteiger partial charge in [0, 0.05) is 43.0 Å². The summed E-state index contributed by atoms with van der Waals surface area (Å²) in [7, 11) is 0. The first kappa shape index (κ1) is 22.3. The fraction of sp³-hybridized carbons (Fsp3) is 0.304. The van der Waals surface area contributed by atoms with Crippen molar-refractivity contribution in [3.05, 3.63) is 71.8 Å². The molecule has 0 radical (unpaired) electrons. The topological polar surface area (TPSA) is 128 Å². The second kappa shape index (κ2) is 11.1. The van der Waals surface area contributed by atoms with Crippen molar-refractivity contribution in [2.45, 2.75) is 13.0 Å². The summed E-state index contributed by atoms with van der Waals surface area (Å²) < 4.78 is 11.4. The van der Waals surface area contributed by atoms with Crippen LogP contribution in [0.4, 0.5) is 11.5 Å². The molecule has 0 aliphatic carbocycles. The zero-order valence-electron chi connectivity index (χ0n) is 18.1. The monoisotopic (exact) mass is 447 g/mol. The first-order chi connectivity index (χ1) is 16.2. The lowest BCUT2D eigenvalue weighted by atomic mass is 10.2. The Labute approximate surface area is 191 Å². The van der Waals surface area contributed by atoms with Crippen molar-refractivity contribution in [1.82, 2.24) is 15.0 Å². The summed E-state index contributed by atoms with van der Waals surface area (Å²) in [6.07, 6.45) is 2.43. The number of morpholine rings is 1. The zero-order chi connectivity index (χ0) is 22.9. The lowest BCUT2D eigenvalue weighted by molar-refractivity contribution is 0.1000. The van der Waals surface area contributed by atoms with Crippen LogP contribution in [0.1, 0.15) is 21.9 Å². The van der Waals surface area contributed by atoms with Gasteiger partial charge in [-0.2, -0.15) is 15.2 Å². The molecule has 2 aromatic heterocycles. The van der Waals surface area contributed by atoms with Crippen LogP contribution in [0.3, 0.4) is 0 Å². The molecule has 3 aromatic rings. The molecule has 10 heteroatoms. The Hall–Kier alpha value is -3.92. The van der Waals surface area contributed by atoms with Crippen LogP contribution in [-0.4, -0.2) is 53.8 Å². The van der Waals surface area contributed by atoms with Crippen molar-refractivity contribution >= 4 is 17.4 Å². The van der Waals surface area contributed by atoms with Crippen molar-refractivity contribution in [3.8, 4) is 5.88 Å². The number of nitrogens with two attached hydrogens (primary N) is 1. The molecule has 1 aliphatic rings. The molecule has 1 amide bonds. The molecule has 0 spiro atoms. The van der Waals surface area contributed by atoms with Crippen molar-refractivity contribution < 1.29 is 14.3 Å². The van der Waals surface area contributed by atoms with E-state index in [0.29, 0.717) is 49.2 Å². The lowest BCUT2D eigenvalue weighted by Crippen LogP contribution is -2.37. The third kappa shape index (κ3) is 6.53. The first-order valence-electron chi connectivity index (χ1n) is 10.7. The highest BCUT2D eigenvalue weighted by atomic mass is 16.5. The Morgan fingerprint density at radius 1 is 1.12 bits per heavy atom. The van der Waals surface area contributed by atoms with E-state index in [1.807, 2.05) is 24.3 Å². The molecule has 2 N–H and O–H groups in total. The van der Waals surface area contributed by atoms with Crippen LogP contribution in [0.2, 0.25) is 0 Å². The zero-order valence-corrected chi connectivity index (χ0v) is 18.1. The third-order valence-electron chi connectivity index (χ3n) is 4.93. The number of nitrogens with zero attached hydrogens (tertiary/aromatic N) is 6. The highest BCUT2D eigenvalue weighted by Gasteiger charge is 2.15.